The Kier molecular flexibility index (Phi) is 6.26. The van der Waals surface area contributed by atoms with Crippen LogP contribution >= 0.6 is 0 Å². The average Bonchev–Trinajstić information content (AvgIpc) is 3.80. The monoisotopic (exact) mass is 577 g/mol. The van der Waals surface area contributed by atoms with Crippen molar-refractivity contribution in [2.45, 2.75) is 89.8 Å². The van der Waals surface area contributed by atoms with Crippen molar-refractivity contribution in [3.63, 3.8) is 0 Å². The maximum atomic E-state index is 12.9. The average molecular weight is 578 g/mol. The van der Waals surface area contributed by atoms with Gasteiger partial charge in [0, 0.05) is 41.9 Å². The van der Waals surface area contributed by atoms with Crippen molar-refractivity contribution < 1.29 is 14.8 Å². The molecule has 43 heavy (non-hydrogen) atoms. The van der Waals surface area contributed by atoms with Crippen molar-refractivity contribution in [3.05, 3.63) is 70.6 Å². The minimum Gasteiger partial charge on any atom is -0.444 e. The van der Waals surface area contributed by atoms with Crippen LogP contribution in [0.1, 0.15) is 92.7 Å². The number of hydrogen-bond acceptors (Lipinski definition) is 4. The number of ether oxygens (including phenoxy) is 1. The highest BCUT2D eigenvalue weighted by atomic mass is 16.6. The summed E-state index contributed by atoms with van der Waals surface area (Å²) in [5.74, 6) is 2.03. The fraction of sp³-hybridized carbons (Fsp3) is 0.457. The van der Waals surface area contributed by atoms with Gasteiger partial charge in [0.1, 0.15) is 17.5 Å². The summed E-state index contributed by atoms with van der Waals surface area (Å²) in [6.45, 7) is 7.64. The van der Waals surface area contributed by atoms with Crippen LogP contribution in [0.2, 0.25) is 0 Å². The van der Waals surface area contributed by atoms with E-state index in [0.717, 1.165) is 61.6 Å². The maximum Gasteiger partial charge on any atom is 0.410 e. The standard InChI is InChI=1S/C35H40N6O2/c1-35(2,3)43-34(42)41-17-5-7-29(41)33-38-27-15-11-23-19-21(9-13-25(23)31(27)40-33)20-8-12-24-22(18-20)10-14-26-30(24)39-32(37-26)28-6-4-16-36-28/h8-9,12-13,18-19,28-29,36H,4-7,10-11,14-17H2,1-3H3,(H,37,39)(H,38,40)/p+1/t28-,29-/m0/s1. The number of rotatable bonds is 3. The molecule has 2 atom stereocenters. The number of aryl methyl sites for hydroxylation is 4. The first-order valence-corrected chi connectivity index (χ1v) is 16.1. The number of aromatic amines is 2. The Morgan fingerprint density at radius 2 is 1.49 bits per heavy atom. The summed E-state index contributed by atoms with van der Waals surface area (Å²) < 4.78 is 5.70. The Hall–Kier alpha value is -3.91. The van der Waals surface area contributed by atoms with Gasteiger partial charge in [-0.15, -0.1) is 0 Å². The Bertz CT molecular complexity index is 1720. The molecule has 0 spiro atoms. The summed E-state index contributed by atoms with van der Waals surface area (Å²) in [4.78, 5) is 32.2. The summed E-state index contributed by atoms with van der Waals surface area (Å²) in [6.07, 6.45) is 8.04. The smallest absolute Gasteiger partial charge is 0.410 e. The molecule has 8 heteroatoms. The molecule has 2 aliphatic carbocycles. The van der Waals surface area contributed by atoms with Crippen LogP contribution in [0.15, 0.2) is 36.4 Å². The summed E-state index contributed by atoms with van der Waals surface area (Å²) in [7, 11) is 0. The van der Waals surface area contributed by atoms with Gasteiger partial charge in [-0.25, -0.2) is 14.8 Å². The number of likely N-dealkylation sites (tertiary alicyclic amines) is 1. The molecule has 2 aromatic heterocycles. The van der Waals surface area contributed by atoms with Gasteiger partial charge in [-0.3, -0.25) is 4.90 Å². The highest BCUT2D eigenvalue weighted by Crippen LogP contribution is 2.40. The zero-order valence-electron chi connectivity index (χ0n) is 25.4. The highest BCUT2D eigenvalue weighted by Gasteiger charge is 2.36. The number of amides is 1. The number of carbonyl (C=O) groups excluding carboxylic acids is 1. The number of nitrogens with zero attached hydrogens (tertiary/aromatic N) is 3. The van der Waals surface area contributed by atoms with E-state index in [9.17, 15) is 4.79 Å². The minimum atomic E-state index is -0.513. The van der Waals surface area contributed by atoms with E-state index >= 15 is 0 Å². The van der Waals surface area contributed by atoms with E-state index in [1.54, 1.807) is 0 Å². The van der Waals surface area contributed by atoms with Crippen molar-refractivity contribution in [2.75, 3.05) is 13.1 Å². The molecule has 0 saturated carbocycles. The minimum absolute atomic E-state index is 0.0684. The molecule has 8 rings (SSSR count). The van der Waals surface area contributed by atoms with Gasteiger partial charge < -0.3 is 20.0 Å². The zero-order chi connectivity index (χ0) is 29.3. The molecule has 4 N–H and O–H groups in total. The summed E-state index contributed by atoms with van der Waals surface area (Å²) in [6, 6.07) is 14.2. The third kappa shape index (κ3) is 4.76. The fourth-order valence-corrected chi connectivity index (χ4v) is 7.55. The molecule has 2 fully saturated rings. The normalized spacial score (nSPS) is 20.9. The number of H-pyrrole nitrogens is 2. The topological polar surface area (TPSA) is 104 Å². The van der Waals surface area contributed by atoms with Crippen LogP contribution in [0.3, 0.4) is 0 Å². The van der Waals surface area contributed by atoms with E-state index in [0.29, 0.717) is 12.6 Å². The first-order chi connectivity index (χ1) is 20.8. The number of imidazole rings is 2. The van der Waals surface area contributed by atoms with Crippen LogP contribution in [0.4, 0.5) is 4.79 Å². The number of hydrogen-bond donors (Lipinski definition) is 3. The predicted molar refractivity (Wildman–Crippen MR) is 166 cm³/mol. The maximum absolute atomic E-state index is 12.9. The second kappa shape index (κ2) is 10.1. The molecule has 2 aromatic carbocycles. The number of carbonyl (C=O) groups is 1. The van der Waals surface area contributed by atoms with Gasteiger partial charge in [0.25, 0.3) is 0 Å². The van der Waals surface area contributed by atoms with Crippen molar-refractivity contribution in [3.8, 4) is 33.6 Å². The second-order valence-electron chi connectivity index (χ2n) is 13.7. The van der Waals surface area contributed by atoms with Gasteiger partial charge in [0.15, 0.2) is 5.82 Å². The van der Waals surface area contributed by atoms with Crippen molar-refractivity contribution >= 4 is 6.09 Å². The van der Waals surface area contributed by atoms with Crippen LogP contribution in [0.5, 0.6) is 0 Å². The van der Waals surface area contributed by atoms with Crippen LogP contribution in [-0.4, -0.2) is 49.6 Å². The first-order valence-electron chi connectivity index (χ1n) is 16.1. The fourth-order valence-electron chi connectivity index (χ4n) is 7.55. The van der Waals surface area contributed by atoms with E-state index in [4.69, 9.17) is 14.7 Å². The van der Waals surface area contributed by atoms with Gasteiger partial charge in [-0.1, -0.05) is 36.4 Å². The summed E-state index contributed by atoms with van der Waals surface area (Å²) >= 11 is 0. The number of nitrogens with two attached hydrogens (primary N) is 1. The predicted octanol–water partition coefficient (Wildman–Crippen LogP) is 5.80. The van der Waals surface area contributed by atoms with Gasteiger partial charge in [-0.2, -0.15) is 0 Å². The quantitative estimate of drug-likeness (QED) is 0.286. The molecule has 4 aromatic rings. The lowest BCUT2D eigenvalue weighted by Gasteiger charge is -2.27. The summed E-state index contributed by atoms with van der Waals surface area (Å²) in [5.41, 5.74) is 11.9. The van der Waals surface area contributed by atoms with E-state index in [-0.39, 0.29) is 12.1 Å². The lowest BCUT2D eigenvalue weighted by molar-refractivity contribution is -0.677. The number of fused-ring (bicyclic) bond motifs is 6. The van der Waals surface area contributed by atoms with Crippen molar-refractivity contribution in [1.29, 1.82) is 0 Å². The lowest BCUT2D eigenvalue weighted by atomic mass is 9.87. The molecule has 8 nitrogen and oxygen atoms in total. The van der Waals surface area contributed by atoms with Crippen LogP contribution in [0.25, 0.3) is 33.6 Å². The summed E-state index contributed by atoms with van der Waals surface area (Å²) in [5, 5.41) is 2.42. The van der Waals surface area contributed by atoms with E-state index in [1.807, 2.05) is 25.7 Å². The van der Waals surface area contributed by atoms with E-state index in [1.165, 1.54) is 64.2 Å². The second-order valence-corrected chi connectivity index (χ2v) is 13.7. The van der Waals surface area contributed by atoms with Crippen LogP contribution < -0.4 is 5.32 Å². The first kappa shape index (κ1) is 26.7. The zero-order valence-corrected chi connectivity index (χ0v) is 25.4. The molecule has 1 amide bonds. The van der Waals surface area contributed by atoms with E-state index < -0.39 is 5.60 Å². The molecule has 0 bridgehead atoms. The number of quaternary nitrogens is 1. The molecule has 222 valence electrons. The largest absolute Gasteiger partial charge is 0.444 e. The Morgan fingerprint density at radius 3 is 2.09 bits per heavy atom. The SMILES string of the molecule is CC(C)(C)OC(=O)N1CCC[C@H]1c1nc2c([nH]1)CCc1cc(-c3ccc4c(c3)CCc3[nH]c([C@@H]5CCC[NH2+]5)nc3-4)ccc1-2. The molecular formula is C35H41N6O2+. The highest BCUT2D eigenvalue weighted by molar-refractivity contribution is 5.78. The number of benzene rings is 2. The van der Waals surface area contributed by atoms with Crippen molar-refractivity contribution in [1.82, 2.24) is 24.8 Å². The van der Waals surface area contributed by atoms with Gasteiger partial charge >= 0.3 is 6.09 Å². The van der Waals surface area contributed by atoms with Gasteiger partial charge in [0.05, 0.1) is 24.0 Å². The molecular weight excluding hydrogens is 536 g/mol. The number of aromatic nitrogens is 4. The molecule has 4 aliphatic rings. The third-order valence-electron chi connectivity index (χ3n) is 9.65. The Balaban J connectivity index is 1.05. The van der Waals surface area contributed by atoms with Gasteiger partial charge in [-0.05, 0) is 81.5 Å². The van der Waals surface area contributed by atoms with E-state index in [2.05, 4.69) is 51.7 Å². The molecule has 2 aliphatic heterocycles. The Labute approximate surface area is 252 Å². The van der Waals surface area contributed by atoms with Gasteiger partial charge in [0.2, 0.25) is 0 Å². The third-order valence-corrected chi connectivity index (χ3v) is 9.65. The molecule has 2 saturated heterocycles. The molecule has 0 unspecified atom stereocenters. The molecule has 4 heterocycles. The Morgan fingerprint density at radius 1 is 0.860 bits per heavy atom. The van der Waals surface area contributed by atoms with Crippen LogP contribution in [0, 0.1) is 0 Å². The number of nitrogens with one attached hydrogen (secondary N) is 2. The van der Waals surface area contributed by atoms with Crippen LogP contribution in [-0.2, 0) is 30.4 Å². The molecule has 0 radical (unpaired) electrons. The lowest BCUT2D eigenvalue weighted by Crippen LogP contribution is -2.82. The van der Waals surface area contributed by atoms with Crippen molar-refractivity contribution in [2.24, 2.45) is 0 Å².